The molecule has 0 unspecified atom stereocenters. The van der Waals surface area contributed by atoms with Gasteiger partial charge in [0.05, 0.1) is 11.0 Å². The molecule has 1 aromatic heterocycles. The van der Waals surface area contributed by atoms with Gasteiger partial charge in [0, 0.05) is 11.4 Å². The number of imidazole rings is 1. The third kappa shape index (κ3) is 2.24. The van der Waals surface area contributed by atoms with E-state index in [2.05, 4.69) is 42.0 Å². The van der Waals surface area contributed by atoms with Gasteiger partial charge in [0.1, 0.15) is 5.82 Å². The highest BCUT2D eigenvalue weighted by Gasteiger charge is 2.07. The van der Waals surface area contributed by atoms with Crippen molar-refractivity contribution in [1.82, 2.24) is 9.97 Å². The molecule has 2 aromatic carbocycles. The third-order valence-electron chi connectivity index (χ3n) is 3.45. The van der Waals surface area contributed by atoms with E-state index < -0.39 is 0 Å². The van der Waals surface area contributed by atoms with Crippen molar-refractivity contribution in [2.24, 2.45) is 0 Å². The highest BCUT2D eigenvalue weighted by atomic mass is 35.5. The van der Waals surface area contributed by atoms with Gasteiger partial charge in [0.2, 0.25) is 0 Å². The van der Waals surface area contributed by atoms with Crippen molar-refractivity contribution in [1.29, 1.82) is 0 Å². The van der Waals surface area contributed by atoms with Crippen molar-refractivity contribution >= 4 is 22.6 Å². The van der Waals surface area contributed by atoms with E-state index in [0.29, 0.717) is 5.88 Å². The second-order valence-corrected chi connectivity index (χ2v) is 5.14. The number of aromatic amines is 1. The van der Waals surface area contributed by atoms with Crippen LogP contribution in [-0.2, 0) is 5.88 Å². The molecule has 96 valence electrons. The van der Waals surface area contributed by atoms with Gasteiger partial charge in [-0.15, -0.1) is 11.6 Å². The summed E-state index contributed by atoms with van der Waals surface area (Å²) in [6.07, 6.45) is 0. The van der Waals surface area contributed by atoms with Gasteiger partial charge in [0.15, 0.2) is 0 Å². The van der Waals surface area contributed by atoms with E-state index in [-0.39, 0.29) is 0 Å². The maximum absolute atomic E-state index is 5.88. The zero-order chi connectivity index (χ0) is 13.4. The van der Waals surface area contributed by atoms with Gasteiger partial charge in [-0.25, -0.2) is 4.98 Å². The molecule has 0 aliphatic carbocycles. The number of hydrogen-bond donors (Lipinski definition) is 1. The Labute approximate surface area is 117 Å². The molecule has 3 aromatic rings. The molecule has 0 bridgehead atoms. The van der Waals surface area contributed by atoms with Gasteiger partial charge in [-0.3, -0.25) is 0 Å². The Kier molecular flexibility index (Phi) is 3.03. The first-order valence-electron chi connectivity index (χ1n) is 6.29. The Bertz CT molecular complexity index is 705. The number of halogens is 1. The van der Waals surface area contributed by atoms with Gasteiger partial charge in [-0.05, 0) is 48.7 Å². The molecule has 3 heteroatoms. The Hall–Kier alpha value is -1.80. The summed E-state index contributed by atoms with van der Waals surface area (Å²) in [5.74, 6) is 1.42. The summed E-state index contributed by atoms with van der Waals surface area (Å²) in [6, 6.07) is 12.4. The molecule has 1 N–H and O–H groups in total. The summed E-state index contributed by atoms with van der Waals surface area (Å²) in [7, 11) is 0. The first kappa shape index (κ1) is 12.2. The molecule has 3 rings (SSSR count). The van der Waals surface area contributed by atoms with Crippen molar-refractivity contribution < 1.29 is 0 Å². The van der Waals surface area contributed by atoms with Gasteiger partial charge in [0.25, 0.3) is 0 Å². The minimum absolute atomic E-state index is 0.520. The number of aromatic nitrogens is 2. The number of hydrogen-bond acceptors (Lipinski definition) is 1. The van der Waals surface area contributed by atoms with Gasteiger partial charge in [-0.1, -0.05) is 18.2 Å². The largest absolute Gasteiger partial charge is 0.338 e. The maximum atomic E-state index is 5.88. The molecule has 0 radical (unpaired) electrons. The second-order valence-electron chi connectivity index (χ2n) is 4.87. The number of benzene rings is 2. The number of alkyl halides is 1. The highest BCUT2D eigenvalue weighted by Crippen LogP contribution is 2.23. The first-order chi connectivity index (χ1) is 9.17. The number of nitrogens with zero attached hydrogens (tertiary/aromatic N) is 1. The molecular formula is C16H15ClN2. The summed E-state index contributed by atoms with van der Waals surface area (Å²) in [5, 5.41) is 0. The van der Waals surface area contributed by atoms with Crippen molar-refractivity contribution in [3.05, 3.63) is 53.1 Å². The first-order valence-corrected chi connectivity index (χ1v) is 6.83. The van der Waals surface area contributed by atoms with Crippen LogP contribution in [0.4, 0.5) is 0 Å². The van der Waals surface area contributed by atoms with E-state index in [1.165, 1.54) is 11.1 Å². The van der Waals surface area contributed by atoms with Crippen molar-refractivity contribution in [2.75, 3.05) is 0 Å². The summed E-state index contributed by atoms with van der Waals surface area (Å²) in [4.78, 5) is 8.04. The molecule has 0 saturated heterocycles. The molecular weight excluding hydrogens is 256 g/mol. The number of nitrogens with one attached hydrogen (secondary N) is 1. The molecule has 0 atom stereocenters. The standard InChI is InChI=1S/C16H15ClN2/c1-10-6-14-15(7-11(10)2)19-16(18-14)13-5-3-4-12(8-13)9-17/h3-8H,9H2,1-2H3,(H,18,19). The van der Waals surface area contributed by atoms with E-state index in [4.69, 9.17) is 11.6 Å². The topological polar surface area (TPSA) is 28.7 Å². The van der Waals surface area contributed by atoms with Crippen LogP contribution in [0.15, 0.2) is 36.4 Å². The monoisotopic (exact) mass is 270 g/mol. The molecule has 0 spiro atoms. The second kappa shape index (κ2) is 4.71. The SMILES string of the molecule is Cc1cc2nc(-c3cccc(CCl)c3)[nH]c2cc1C. The van der Waals surface area contributed by atoms with Gasteiger partial charge < -0.3 is 4.98 Å². The summed E-state index contributed by atoms with van der Waals surface area (Å²) in [5.41, 5.74) is 6.80. The molecule has 19 heavy (non-hydrogen) atoms. The van der Waals surface area contributed by atoms with E-state index >= 15 is 0 Å². The Morgan fingerprint density at radius 1 is 1.11 bits per heavy atom. The van der Waals surface area contributed by atoms with Crippen LogP contribution < -0.4 is 0 Å². The van der Waals surface area contributed by atoms with Crippen LogP contribution >= 0.6 is 11.6 Å². The molecule has 0 fully saturated rings. The Balaban J connectivity index is 2.14. The zero-order valence-corrected chi connectivity index (χ0v) is 11.8. The lowest BCUT2D eigenvalue weighted by Crippen LogP contribution is -1.83. The lowest BCUT2D eigenvalue weighted by molar-refractivity contribution is 1.31. The quantitative estimate of drug-likeness (QED) is 0.678. The normalized spacial score (nSPS) is 11.1. The summed E-state index contributed by atoms with van der Waals surface area (Å²) in [6.45, 7) is 4.22. The van der Waals surface area contributed by atoms with E-state index in [1.807, 2.05) is 18.2 Å². The minimum Gasteiger partial charge on any atom is -0.338 e. The van der Waals surface area contributed by atoms with Crippen molar-refractivity contribution in [3.63, 3.8) is 0 Å². The van der Waals surface area contributed by atoms with Crippen molar-refractivity contribution in [3.8, 4) is 11.4 Å². The maximum Gasteiger partial charge on any atom is 0.138 e. The number of aryl methyl sites for hydroxylation is 2. The third-order valence-corrected chi connectivity index (χ3v) is 3.76. The predicted molar refractivity (Wildman–Crippen MR) is 80.6 cm³/mol. The Morgan fingerprint density at radius 2 is 1.89 bits per heavy atom. The fourth-order valence-electron chi connectivity index (χ4n) is 2.21. The molecule has 0 aliphatic rings. The van der Waals surface area contributed by atoms with E-state index in [0.717, 1.165) is 28.0 Å². The van der Waals surface area contributed by atoms with Crippen LogP contribution in [0.1, 0.15) is 16.7 Å². The van der Waals surface area contributed by atoms with Gasteiger partial charge >= 0.3 is 0 Å². The molecule has 0 saturated carbocycles. The van der Waals surface area contributed by atoms with Crippen LogP contribution in [0, 0.1) is 13.8 Å². The van der Waals surface area contributed by atoms with Crippen LogP contribution in [-0.4, -0.2) is 9.97 Å². The van der Waals surface area contributed by atoms with E-state index in [1.54, 1.807) is 0 Å². The number of rotatable bonds is 2. The van der Waals surface area contributed by atoms with Crippen molar-refractivity contribution in [2.45, 2.75) is 19.7 Å². The lowest BCUT2D eigenvalue weighted by atomic mass is 10.1. The smallest absolute Gasteiger partial charge is 0.138 e. The average molecular weight is 271 g/mol. The fourth-order valence-corrected chi connectivity index (χ4v) is 2.37. The predicted octanol–water partition coefficient (Wildman–Crippen LogP) is 4.59. The molecule has 2 nitrogen and oxygen atoms in total. The summed E-state index contributed by atoms with van der Waals surface area (Å²) < 4.78 is 0. The van der Waals surface area contributed by atoms with Crippen LogP contribution in [0.2, 0.25) is 0 Å². The van der Waals surface area contributed by atoms with Crippen LogP contribution in [0.5, 0.6) is 0 Å². The number of fused-ring (bicyclic) bond motifs is 1. The van der Waals surface area contributed by atoms with E-state index in [9.17, 15) is 0 Å². The molecule has 0 aliphatic heterocycles. The average Bonchev–Trinajstić information content (AvgIpc) is 2.82. The highest BCUT2D eigenvalue weighted by molar-refractivity contribution is 6.17. The number of H-pyrrole nitrogens is 1. The Morgan fingerprint density at radius 3 is 2.68 bits per heavy atom. The fraction of sp³-hybridized carbons (Fsp3) is 0.188. The van der Waals surface area contributed by atoms with Crippen LogP contribution in [0.3, 0.4) is 0 Å². The zero-order valence-electron chi connectivity index (χ0n) is 11.0. The molecule has 0 amide bonds. The van der Waals surface area contributed by atoms with Gasteiger partial charge in [-0.2, -0.15) is 0 Å². The minimum atomic E-state index is 0.520. The van der Waals surface area contributed by atoms with Crippen LogP contribution in [0.25, 0.3) is 22.4 Å². The lowest BCUT2D eigenvalue weighted by Gasteiger charge is -1.99. The molecule has 1 heterocycles. The summed E-state index contributed by atoms with van der Waals surface area (Å²) >= 11 is 5.88.